The highest BCUT2D eigenvalue weighted by atomic mass is 16.2. The minimum Gasteiger partial charge on any atom is -0.343 e. The Bertz CT molecular complexity index is 216. The van der Waals surface area contributed by atoms with Gasteiger partial charge in [0.05, 0.1) is 0 Å². The average Bonchev–Trinajstić information content (AvgIpc) is 2.21. The molecule has 0 spiro atoms. The number of carbonyl (C=O) groups is 1. The predicted octanol–water partition coefficient (Wildman–Crippen LogP) is 2.25. The Hall–Kier alpha value is -0.570. The van der Waals surface area contributed by atoms with Crippen molar-refractivity contribution in [1.29, 1.82) is 0 Å². The van der Waals surface area contributed by atoms with Crippen molar-refractivity contribution in [1.82, 2.24) is 4.90 Å². The summed E-state index contributed by atoms with van der Waals surface area (Å²) in [7, 11) is 1.89. The average molecular weight is 228 g/mol. The molecule has 2 atom stereocenters. The molecule has 3 heteroatoms. The SMILES string of the molecule is CCC(CN)CC(=O)N(C)C(C)C(C)(C)C. The van der Waals surface area contributed by atoms with Gasteiger partial charge in [0.25, 0.3) is 0 Å². The van der Waals surface area contributed by atoms with Crippen molar-refractivity contribution in [3.8, 4) is 0 Å². The molecule has 0 aromatic carbocycles. The second kappa shape index (κ2) is 6.24. The van der Waals surface area contributed by atoms with E-state index in [4.69, 9.17) is 5.73 Å². The molecule has 0 aliphatic rings. The third-order valence-corrected chi connectivity index (χ3v) is 3.60. The number of nitrogens with zero attached hydrogens (tertiary/aromatic N) is 1. The molecule has 0 aromatic rings. The van der Waals surface area contributed by atoms with Crippen LogP contribution in [0.2, 0.25) is 0 Å². The summed E-state index contributed by atoms with van der Waals surface area (Å²) in [6.07, 6.45) is 1.55. The van der Waals surface area contributed by atoms with Crippen LogP contribution in [0.3, 0.4) is 0 Å². The first kappa shape index (κ1) is 15.4. The van der Waals surface area contributed by atoms with Crippen LogP contribution >= 0.6 is 0 Å². The summed E-state index contributed by atoms with van der Waals surface area (Å²) in [6.45, 7) is 11.2. The van der Waals surface area contributed by atoms with E-state index in [2.05, 4.69) is 34.6 Å². The summed E-state index contributed by atoms with van der Waals surface area (Å²) in [4.78, 5) is 13.9. The lowest BCUT2D eigenvalue weighted by molar-refractivity contribution is -0.134. The van der Waals surface area contributed by atoms with E-state index in [0.717, 1.165) is 6.42 Å². The predicted molar refractivity (Wildman–Crippen MR) is 69.1 cm³/mol. The molecule has 1 amide bonds. The van der Waals surface area contributed by atoms with E-state index in [1.165, 1.54) is 0 Å². The first-order valence-electron chi connectivity index (χ1n) is 6.19. The lowest BCUT2D eigenvalue weighted by atomic mass is 9.86. The van der Waals surface area contributed by atoms with E-state index in [-0.39, 0.29) is 17.4 Å². The van der Waals surface area contributed by atoms with Gasteiger partial charge in [0.15, 0.2) is 0 Å². The maximum absolute atomic E-state index is 12.0. The molecule has 0 aliphatic heterocycles. The molecule has 96 valence electrons. The molecule has 0 heterocycles. The fourth-order valence-electron chi connectivity index (χ4n) is 1.58. The van der Waals surface area contributed by atoms with Gasteiger partial charge in [-0.2, -0.15) is 0 Å². The second-order valence-corrected chi connectivity index (χ2v) is 5.76. The fraction of sp³-hybridized carbons (Fsp3) is 0.923. The van der Waals surface area contributed by atoms with Gasteiger partial charge in [-0.1, -0.05) is 34.1 Å². The van der Waals surface area contributed by atoms with Gasteiger partial charge in [-0.25, -0.2) is 0 Å². The molecule has 0 aromatic heterocycles. The molecule has 0 saturated heterocycles. The van der Waals surface area contributed by atoms with Crippen molar-refractivity contribution in [2.45, 2.75) is 53.5 Å². The Morgan fingerprint density at radius 2 is 1.88 bits per heavy atom. The third-order valence-electron chi connectivity index (χ3n) is 3.60. The van der Waals surface area contributed by atoms with Crippen molar-refractivity contribution >= 4 is 5.91 Å². The highest BCUT2D eigenvalue weighted by Gasteiger charge is 2.27. The molecule has 0 saturated carbocycles. The van der Waals surface area contributed by atoms with Crippen LogP contribution in [0.5, 0.6) is 0 Å². The van der Waals surface area contributed by atoms with E-state index in [9.17, 15) is 4.79 Å². The zero-order chi connectivity index (χ0) is 12.9. The molecule has 0 rings (SSSR count). The molecule has 3 nitrogen and oxygen atoms in total. The van der Waals surface area contributed by atoms with Crippen LogP contribution in [-0.2, 0) is 4.79 Å². The maximum atomic E-state index is 12.0. The van der Waals surface area contributed by atoms with Crippen LogP contribution in [-0.4, -0.2) is 30.4 Å². The van der Waals surface area contributed by atoms with Crippen molar-refractivity contribution < 1.29 is 4.79 Å². The van der Waals surface area contributed by atoms with E-state index < -0.39 is 0 Å². The van der Waals surface area contributed by atoms with Crippen molar-refractivity contribution in [3.05, 3.63) is 0 Å². The van der Waals surface area contributed by atoms with Crippen molar-refractivity contribution in [2.24, 2.45) is 17.1 Å². The van der Waals surface area contributed by atoms with Crippen LogP contribution in [0, 0.1) is 11.3 Å². The smallest absolute Gasteiger partial charge is 0.222 e. The summed E-state index contributed by atoms with van der Waals surface area (Å²) < 4.78 is 0. The largest absolute Gasteiger partial charge is 0.343 e. The molecule has 0 radical (unpaired) electrons. The van der Waals surface area contributed by atoms with Crippen LogP contribution in [0.4, 0.5) is 0 Å². The number of hydrogen-bond donors (Lipinski definition) is 1. The molecule has 0 fully saturated rings. The Morgan fingerprint density at radius 1 is 1.38 bits per heavy atom. The van der Waals surface area contributed by atoms with Gasteiger partial charge in [0, 0.05) is 19.5 Å². The van der Waals surface area contributed by atoms with Crippen LogP contribution in [0.15, 0.2) is 0 Å². The quantitative estimate of drug-likeness (QED) is 0.784. The van der Waals surface area contributed by atoms with Crippen LogP contribution in [0.25, 0.3) is 0 Å². The van der Waals surface area contributed by atoms with Crippen molar-refractivity contribution in [3.63, 3.8) is 0 Å². The van der Waals surface area contributed by atoms with Gasteiger partial charge in [-0.05, 0) is 24.8 Å². The highest BCUT2D eigenvalue weighted by Crippen LogP contribution is 2.24. The molecular weight excluding hydrogens is 200 g/mol. The topological polar surface area (TPSA) is 46.3 Å². The lowest BCUT2D eigenvalue weighted by Crippen LogP contribution is -2.43. The number of carbonyl (C=O) groups excluding carboxylic acids is 1. The monoisotopic (exact) mass is 228 g/mol. The zero-order valence-corrected chi connectivity index (χ0v) is 11.7. The first-order valence-corrected chi connectivity index (χ1v) is 6.19. The molecular formula is C13H28N2O. The standard InChI is InChI=1S/C13H28N2O/c1-7-11(9-14)8-12(16)15(6)10(2)13(3,4)5/h10-11H,7-9,14H2,1-6H3. The number of nitrogens with two attached hydrogens (primary N) is 1. The van der Waals surface area contributed by atoms with Gasteiger partial charge in [0.1, 0.15) is 0 Å². The normalized spacial score (nSPS) is 15.7. The molecule has 2 N–H and O–H groups in total. The summed E-state index contributed by atoms with van der Waals surface area (Å²) >= 11 is 0. The Labute approximate surface area is 100 Å². The molecule has 16 heavy (non-hydrogen) atoms. The second-order valence-electron chi connectivity index (χ2n) is 5.76. The number of amides is 1. The van der Waals surface area contributed by atoms with Gasteiger partial charge < -0.3 is 10.6 Å². The Kier molecular flexibility index (Phi) is 6.01. The third kappa shape index (κ3) is 4.52. The Morgan fingerprint density at radius 3 is 2.19 bits per heavy atom. The molecule has 2 unspecified atom stereocenters. The summed E-state index contributed by atoms with van der Waals surface area (Å²) in [6, 6.07) is 0.246. The lowest BCUT2D eigenvalue weighted by Gasteiger charge is -2.36. The van der Waals surface area contributed by atoms with Crippen LogP contribution < -0.4 is 5.73 Å². The first-order chi connectivity index (χ1) is 7.23. The maximum Gasteiger partial charge on any atom is 0.222 e. The van der Waals surface area contributed by atoms with E-state index in [1.807, 2.05) is 11.9 Å². The summed E-state index contributed by atoms with van der Waals surface area (Å²) in [5, 5.41) is 0. The van der Waals surface area contributed by atoms with E-state index in [0.29, 0.717) is 18.9 Å². The van der Waals surface area contributed by atoms with Gasteiger partial charge in [-0.15, -0.1) is 0 Å². The minimum absolute atomic E-state index is 0.120. The highest BCUT2D eigenvalue weighted by molar-refractivity contribution is 5.76. The summed E-state index contributed by atoms with van der Waals surface area (Å²) in [5.41, 5.74) is 5.74. The zero-order valence-electron chi connectivity index (χ0n) is 11.7. The van der Waals surface area contributed by atoms with Crippen molar-refractivity contribution in [2.75, 3.05) is 13.6 Å². The van der Waals surface area contributed by atoms with E-state index >= 15 is 0 Å². The molecule has 0 bridgehead atoms. The van der Waals surface area contributed by atoms with Gasteiger partial charge in [0.2, 0.25) is 5.91 Å². The minimum atomic E-state index is 0.120. The Balaban J connectivity index is 4.39. The van der Waals surface area contributed by atoms with Crippen LogP contribution in [0.1, 0.15) is 47.5 Å². The van der Waals surface area contributed by atoms with Gasteiger partial charge >= 0.3 is 0 Å². The fourth-order valence-corrected chi connectivity index (χ4v) is 1.58. The number of hydrogen-bond acceptors (Lipinski definition) is 2. The molecule has 0 aliphatic carbocycles. The van der Waals surface area contributed by atoms with E-state index in [1.54, 1.807) is 0 Å². The summed E-state index contributed by atoms with van der Waals surface area (Å²) in [5.74, 6) is 0.529. The number of rotatable bonds is 5. The van der Waals surface area contributed by atoms with Gasteiger partial charge in [-0.3, -0.25) is 4.79 Å².